The molecule has 2 heterocycles. The van der Waals surface area contributed by atoms with Crippen molar-refractivity contribution in [2.75, 3.05) is 5.73 Å². The first kappa shape index (κ1) is 8.58. The van der Waals surface area contributed by atoms with Crippen LogP contribution in [0.2, 0.25) is 0 Å². The number of hydrogen-bond donors (Lipinski definition) is 1. The summed E-state index contributed by atoms with van der Waals surface area (Å²) in [5.74, 6) is 0. The van der Waals surface area contributed by atoms with E-state index in [9.17, 15) is 0 Å². The molecular formula is C7H5BrN4S. The van der Waals surface area contributed by atoms with Crippen LogP contribution in [0.1, 0.15) is 0 Å². The Bertz CT molecular complexity index is 428. The van der Waals surface area contributed by atoms with Crippen molar-refractivity contribution < 1.29 is 0 Å². The molecule has 0 saturated heterocycles. The summed E-state index contributed by atoms with van der Waals surface area (Å²) in [7, 11) is 0. The summed E-state index contributed by atoms with van der Waals surface area (Å²) in [5, 5.41) is 0.539. The monoisotopic (exact) mass is 256 g/mol. The summed E-state index contributed by atoms with van der Waals surface area (Å²) < 4.78 is 0.706. The Morgan fingerprint density at radius 2 is 2.15 bits per heavy atom. The third-order valence-corrected chi connectivity index (χ3v) is 2.61. The third-order valence-electron chi connectivity index (χ3n) is 1.38. The van der Waals surface area contributed by atoms with Gasteiger partial charge in [0.15, 0.2) is 5.13 Å². The first-order valence-corrected chi connectivity index (χ1v) is 5.06. The smallest absolute Gasteiger partial charge is 0.180 e. The lowest BCUT2D eigenvalue weighted by Crippen LogP contribution is -1.82. The van der Waals surface area contributed by atoms with Crippen LogP contribution in [0.4, 0.5) is 5.13 Å². The van der Waals surface area contributed by atoms with E-state index in [1.807, 2.05) is 0 Å². The number of anilines is 1. The molecule has 66 valence electrons. The van der Waals surface area contributed by atoms with Crippen LogP contribution in [0.3, 0.4) is 0 Å². The van der Waals surface area contributed by atoms with Crippen molar-refractivity contribution >= 4 is 32.4 Å². The largest absolute Gasteiger partial charge is 0.375 e. The predicted molar refractivity (Wildman–Crippen MR) is 55.3 cm³/mol. The summed E-state index contributed by atoms with van der Waals surface area (Å²) in [6.45, 7) is 0. The van der Waals surface area contributed by atoms with E-state index in [-0.39, 0.29) is 0 Å². The van der Waals surface area contributed by atoms with E-state index in [1.165, 1.54) is 11.3 Å². The number of halogens is 1. The zero-order valence-electron chi connectivity index (χ0n) is 6.44. The van der Waals surface area contributed by atoms with Gasteiger partial charge in [0.1, 0.15) is 10.3 Å². The lowest BCUT2D eigenvalue weighted by Gasteiger charge is -1.94. The number of nitrogen functional groups attached to an aromatic ring is 1. The van der Waals surface area contributed by atoms with E-state index in [1.54, 1.807) is 18.6 Å². The summed E-state index contributed by atoms with van der Waals surface area (Å²) >= 11 is 4.64. The molecule has 0 spiro atoms. The van der Waals surface area contributed by atoms with Gasteiger partial charge in [-0.2, -0.15) is 0 Å². The molecule has 0 aliphatic carbocycles. The molecule has 13 heavy (non-hydrogen) atoms. The number of aromatic nitrogens is 3. The van der Waals surface area contributed by atoms with Crippen LogP contribution < -0.4 is 5.73 Å². The summed E-state index contributed by atoms with van der Waals surface area (Å²) in [6, 6.07) is 0. The van der Waals surface area contributed by atoms with Crippen LogP contribution in [0, 0.1) is 0 Å². The van der Waals surface area contributed by atoms with E-state index in [4.69, 9.17) is 5.73 Å². The number of nitrogens with two attached hydrogens (primary N) is 1. The van der Waals surface area contributed by atoms with Gasteiger partial charge < -0.3 is 5.73 Å². The van der Waals surface area contributed by atoms with Crippen molar-refractivity contribution in [3.63, 3.8) is 0 Å². The molecule has 2 aromatic rings. The SMILES string of the molecule is Nc1ncc(-c2cncc(Br)n2)s1. The van der Waals surface area contributed by atoms with E-state index in [2.05, 4.69) is 30.9 Å². The number of rotatable bonds is 1. The minimum atomic E-state index is 0.539. The van der Waals surface area contributed by atoms with E-state index < -0.39 is 0 Å². The highest BCUT2D eigenvalue weighted by Crippen LogP contribution is 2.25. The van der Waals surface area contributed by atoms with Gasteiger partial charge in [0.05, 0.1) is 17.3 Å². The first-order chi connectivity index (χ1) is 6.25. The Morgan fingerprint density at radius 3 is 2.77 bits per heavy atom. The molecule has 0 fully saturated rings. The molecule has 0 unspecified atom stereocenters. The maximum absolute atomic E-state index is 5.50. The molecule has 0 atom stereocenters. The Hall–Kier alpha value is -1.01. The molecule has 0 saturated carbocycles. The first-order valence-electron chi connectivity index (χ1n) is 3.45. The van der Waals surface area contributed by atoms with Crippen molar-refractivity contribution in [1.82, 2.24) is 15.0 Å². The highest BCUT2D eigenvalue weighted by molar-refractivity contribution is 9.10. The van der Waals surface area contributed by atoms with Crippen molar-refractivity contribution in [2.24, 2.45) is 0 Å². The molecule has 0 bridgehead atoms. The van der Waals surface area contributed by atoms with E-state index in [0.29, 0.717) is 9.73 Å². The van der Waals surface area contributed by atoms with Gasteiger partial charge in [0, 0.05) is 6.20 Å². The predicted octanol–water partition coefficient (Wildman–Crippen LogP) is 1.94. The normalized spacial score (nSPS) is 10.2. The highest BCUT2D eigenvalue weighted by Gasteiger charge is 2.03. The summed E-state index contributed by atoms with van der Waals surface area (Å²) in [4.78, 5) is 13.1. The Kier molecular flexibility index (Phi) is 2.24. The van der Waals surface area contributed by atoms with Crippen molar-refractivity contribution in [1.29, 1.82) is 0 Å². The zero-order valence-corrected chi connectivity index (χ0v) is 8.84. The number of hydrogen-bond acceptors (Lipinski definition) is 5. The standard InChI is InChI=1S/C7H5BrN4S/c8-6-3-10-1-4(12-6)5-2-11-7(9)13-5/h1-3H,(H2,9,11). The van der Waals surface area contributed by atoms with Gasteiger partial charge in [-0.05, 0) is 15.9 Å². The molecule has 0 radical (unpaired) electrons. The van der Waals surface area contributed by atoms with Gasteiger partial charge >= 0.3 is 0 Å². The molecule has 0 aromatic carbocycles. The van der Waals surface area contributed by atoms with Gasteiger partial charge in [-0.15, -0.1) is 0 Å². The number of nitrogens with zero attached hydrogens (tertiary/aromatic N) is 3. The second-order valence-corrected chi connectivity index (χ2v) is 4.16. The van der Waals surface area contributed by atoms with E-state index in [0.717, 1.165) is 10.6 Å². The van der Waals surface area contributed by atoms with Gasteiger partial charge in [0.25, 0.3) is 0 Å². The van der Waals surface area contributed by atoms with Gasteiger partial charge in [0.2, 0.25) is 0 Å². The average Bonchev–Trinajstić information content (AvgIpc) is 2.52. The zero-order chi connectivity index (χ0) is 9.26. The van der Waals surface area contributed by atoms with Crippen molar-refractivity contribution in [3.05, 3.63) is 23.2 Å². The summed E-state index contributed by atoms with van der Waals surface area (Å²) in [6.07, 6.45) is 5.00. The molecule has 0 aliphatic rings. The quantitative estimate of drug-likeness (QED) is 0.847. The van der Waals surface area contributed by atoms with Gasteiger partial charge in [-0.1, -0.05) is 11.3 Å². The minimum Gasteiger partial charge on any atom is -0.375 e. The van der Waals surface area contributed by atoms with E-state index >= 15 is 0 Å². The van der Waals surface area contributed by atoms with Crippen molar-refractivity contribution in [3.8, 4) is 10.6 Å². The fourth-order valence-corrected chi connectivity index (χ4v) is 1.82. The van der Waals surface area contributed by atoms with Crippen LogP contribution in [0.15, 0.2) is 23.2 Å². The third kappa shape index (κ3) is 1.84. The van der Waals surface area contributed by atoms with Crippen LogP contribution in [0.5, 0.6) is 0 Å². The second kappa shape index (κ2) is 3.39. The van der Waals surface area contributed by atoms with Gasteiger partial charge in [-0.3, -0.25) is 4.98 Å². The number of thiazole rings is 1. The van der Waals surface area contributed by atoms with Crippen LogP contribution in [0.25, 0.3) is 10.6 Å². The Labute approximate surface area is 87.0 Å². The molecule has 6 heteroatoms. The molecule has 2 rings (SSSR count). The molecule has 4 nitrogen and oxygen atoms in total. The second-order valence-electron chi connectivity index (χ2n) is 2.29. The Balaban J connectivity index is 2.46. The van der Waals surface area contributed by atoms with Crippen LogP contribution in [-0.2, 0) is 0 Å². The lowest BCUT2D eigenvalue weighted by molar-refractivity contribution is 1.17. The fourth-order valence-electron chi connectivity index (χ4n) is 0.867. The maximum Gasteiger partial charge on any atom is 0.180 e. The minimum absolute atomic E-state index is 0.539. The molecule has 0 amide bonds. The molecule has 2 N–H and O–H groups in total. The molecule has 0 aliphatic heterocycles. The lowest BCUT2D eigenvalue weighted by atomic mass is 10.4. The van der Waals surface area contributed by atoms with Gasteiger partial charge in [-0.25, -0.2) is 9.97 Å². The van der Waals surface area contributed by atoms with Crippen molar-refractivity contribution in [2.45, 2.75) is 0 Å². The molecular weight excluding hydrogens is 252 g/mol. The highest BCUT2D eigenvalue weighted by atomic mass is 79.9. The van der Waals surface area contributed by atoms with Crippen LogP contribution in [-0.4, -0.2) is 15.0 Å². The topological polar surface area (TPSA) is 64.7 Å². The molecule has 2 aromatic heterocycles. The van der Waals surface area contributed by atoms with Crippen LogP contribution >= 0.6 is 27.3 Å². The Morgan fingerprint density at radius 1 is 1.31 bits per heavy atom. The maximum atomic E-state index is 5.50. The summed E-state index contributed by atoms with van der Waals surface area (Å²) in [5.41, 5.74) is 6.28. The average molecular weight is 257 g/mol. The fraction of sp³-hybridized carbons (Fsp3) is 0.